The lowest BCUT2D eigenvalue weighted by Crippen LogP contribution is -2.13. The molecule has 0 amide bonds. The maximum Gasteiger partial charge on any atom is 0.360 e. The Balaban J connectivity index is 1.56. The highest BCUT2D eigenvalue weighted by molar-refractivity contribution is 5.88. The number of ether oxygens (including phenoxy) is 2. The van der Waals surface area contributed by atoms with E-state index in [4.69, 9.17) is 13.9 Å². The average molecular weight is 351 g/mol. The third-order valence-electron chi connectivity index (χ3n) is 3.79. The SMILES string of the molecule is Cc1cc(C)cc(OCCOC(=O)c2nc(-c3ccccc3)oc2C)c1. The van der Waals surface area contributed by atoms with Crippen LogP contribution in [0.2, 0.25) is 0 Å². The van der Waals surface area contributed by atoms with Gasteiger partial charge in [-0.05, 0) is 56.2 Å². The standard InChI is InChI=1S/C21H21NO4/c1-14-11-15(2)13-18(12-14)24-9-10-25-21(23)19-16(3)26-20(22-19)17-7-5-4-6-8-17/h4-8,11-13H,9-10H2,1-3H3. The van der Waals surface area contributed by atoms with Crippen LogP contribution in [0.5, 0.6) is 5.75 Å². The molecule has 0 radical (unpaired) electrons. The molecule has 3 aromatic rings. The molecule has 0 unspecified atom stereocenters. The smallest absolute Gasteiger partial charge is 0.360 e. The maximum atomic E-state index is 12.2. The molecule has 134 valence electrons. The monoisotopic (exact) mass is 351 g/mol. The molecule has 3 rings (SSSR count). The van der Waals surface area contributed by atoms with Gasteiger partial charge in [-0.15, -0.1) is 0 Å². The van der Waals surface area contributed by atoms with Crippen LogP contribution in [0.3, 0.4) is 0 Å². The molecule has 1 heterocycles. The average Bonchev–Trinajstić information content (AvgIpc) is 3.00. The minimum absolute atomic E-state index is 0.138. The molecule has 0 spiro atoms. The van der Waals surface area contributed by atoms with E-state index in [1.54, 1.807) is 6.92 Å². The van der Waals surface area contributed by atoms with Crippen LogP contribution >= 0.6 is 0 Å². The van der Waals surface area contributed by atoms with E-state index >= 15 is 0 Å². The van der Waals surface area contributed by atoms with Gasteiger partial charge in [0.15, 0.2) is 5.69 Å². The lowest BCUT2D eigenvalue weighted by atomic mass is 10.1. The molecule has 0 aliphatic heterocycles. The molecule has 5 nitrogen and oxygen atoms in total. The summed E-state index contributed by atoms with van der Waals surface area (Å²) in [7, 11) is 0. The minimum atomic E-state index is -0.516. The highest BCUT2D eigenvalue weighted by atomic mass is 16.6. The van der Waals surface area contributed by atoms with Crippen LogP contribution in [-0.4, -0.2) is 24.2 Å². The first-order chi connectivity index (χ1) is 12.5. The van der Waals surface area contributed by atoms with E-state index in [0.29, 0.717) is 11.7 Å². The lowest BCUT2D eigenvalue weighted by molar-refractivity contribution is 0.0442. The first-order valence-corrected chi connectivity index (χ1v) is 8.44. The summed E-state index contributed by atoms with van der Waals surface area (Å²) in [6.45, 7) is 6.13. The van der Waals surface area contributed by atoms with Crippen molar-refractivity contribution in [2.45, 2.75) is 20.8 Å². The number of aromatic nitrogens is 1. The Morgan fingerprint density at radius 2 is 1.69 bits per heavy atom. The quantitative estimate of drug-likeness (QED) is 0.483. The van der Waals surface area contributed by atoms with Gasteiger partial charge in [-0.3, -0.25) is 0 Å². The van der Waals surface area contributed by atoms with Crippen molar-refractivity contribution < 1.29 is 18.7 Å². The number of esters is 1. The summed E-state index contributed by atoms with van der Waals surface area (Å²) >= 11 is 0. The first kappa shape index (κ1) is 17.7. The molecule has 0 aliphatic rings. The van der Waals surface area contributed by atoms with Gasteiger partial charge < -0.3 is 13.9 Å². The zero-order chi connectivity index (χ0) is 18.5. The van der Waals surface area contributed by atoms with Crippen molar-refractivity contribution in [3.05, 3.63) is 71.1 Å². The van der Waals surface area contributed by atoms with Gasteiger partial charge >= 0.3 is 5.97 Å². The molecule has 0 N–H and O–H groups in total. The van der Waals surface area contributed by atoms with E-state index in [0.717, 1.165) is 22.4 Å². The molecule has 0 aliphatic carbocycles. The highest BCUT2D eigenvalue weighted by Crippen LogP contribution is 2.22. The zero-order valence-electron chi connectivity index (χ0n) is 15.1. The van der Waals surface area contributed by atoms with E-state index in [9.17, 15) is 4.79 Å². The summed E-state index contributed by atoms with van der Waals surface area (Å²) in [5.41, 5.74) is 3.26. The van der Waals surface area contributed by atoms with Gasteiger partial charge in [-0.2, -0.15) is 0 Å². The van der Waals surface area contributed by atoms with Crippen molar-refractivity contribution in [2.24, 2.45) is 0 Å². The van der Waals surface area contributed by atoms with E-state index < -0.39 is 5.97 Å². The Morgan fingerprint density at radius 1 is 1.00 bits per heavy atom. The molecule has 0 atom stereocenters. The van der Waals surface area contributed by atoms with Crippen LogP contribution in [0.15, 0.2) is 52.9 Å². The van der Waals surface area contributed by atoms with E-state index in [-0.39, 0.29) is 18.9 Å². The Labute approximate surface area is 152 Å². The zero-order valence-corrected chi connectivity index (χ0v) is 15.1. The lowest BCUT2D eigenvalue weighted by Gasteiger charge is -2.08. The van der Waals surface area contributed by atoms with Crippen molar-refractivity contribution in [3.8, 4) is 17.2 Å². The predicted molar refractivity (Wildman–Crippen MR) is 98.4 cm³/mol. The van der Waals surface area contributed by atoms with Crippen LogP contribution in [0.4, 0.5) is 0 Å². The van der Waals surface area contributed by atoms with Gasteiger partial charge in [0.05, 0.1) is 0 Å². The van der Waals surface area contributed by atoms with E-state index in [1.807, 2.05) is 56.3 Å². The van der Waals surface area contributed by atoms with Crippen LogP contribution in [-0.2, 0) is 4.74 Å². The molecule has 1 aromatic heterocycles. The maximum absolute atomic E-state index is 12.2. The van der Waals surface area contributed by atoms with Gasteiger partial charge in [0.1, 0.15) is 24.7 Å². The second kappa shape index (κ2) is 7.87. The summed E-state index contributed by atoms with van der Waals surface area (Å²) in [6, 6.07) is 15.4. The summed E-state index contributed by atoms with van der Waals surface area (Å²) in [4.78, 5) is 16.5. The number of oxazole rings is 1. The predicted octanol–water partition coefficient (Wildman–Crippen LogP) is 4.50. The van der Waals surface area contributed by atoms with Crippen LogP contribution < -0.4 is 4.74 Å². The van der Waals surface area contributed by atoms with Crippen molar-refractivity contribution in [1.82, 2.24) is 4.98 Å². The normalized spacial score (nSPS) is 10.6. The number of carbonyl (C=O) groups is 1. The molecule has 0 saturated carbocycles. The van der Waals surface area contributed by atoms with Crippen molar-refractivity contribution in [1.29, 1.82) is 0 Å². The minimum Gasteiger partial charge on any atom is -0.490 e. The molecule has 2 aromatic carbocycles. The number of rotatable bonds is 6. The molecule has 0 bridgehead atoms. The Hall–Kier alpha value is -3.08. The molecule has 26 heavy (non-hydrogen) atoms. The fourth-order valence-electron chi connectivity index (χ4n) is 2.67. The topological polar surface area (TPSA) is 61.6 Å². The van der Waals surface area contributed by atoms with Crippen molar-refractivity contribution in [3.63, 3.8) is 0 Å². The fourth-order valence-corrected chi connectivity index (χ4v) is 2.67. The Kier molecular flexibility index (Phi) is 5.37. The number of benzene rings is 2. The van der Waals surface area contributed by atoms with Gasteiger partial charge in [-0.25, -0.2) is 9.78 Å². The number of carbonyl (C=O) groups excluding carboxylic acids is 1. The molecule has 5 heteroatoms. The van der Waals surface area contributed by atoms with Gasteiger partial charge in [0.25, 0.3) is 0 Å². The Morgan fingerprint density at radius 3 is 2.38 bits per heavy atom. The third-order valence-corrected chi connectivity index (χ3v) is 3.79. The highest BCUT2D eigenvalue weighted by Gasteiger charge is 2.19. The third kappa shape index (κ3) is 4.30. The largest absolute Gasteiger partial charge is 0.490 e. The summed E-state index contributed by atoms with van der Waals surface area (Å²) in [5, 5.41) is 0. The number of aryl methyl sites for hydroxylation is 3. The summed E-state index contributed by atoms with van der Waals surface area (Å²) < 4.78 is 16.5. The van der Waals surface area contributed by atoms with Gasteiger partial charge in [-0.1, -0.05) is 24.3 Å². The number of nitrogens with zero attached hydrogens (tertiary/aromatic N) is 1. The first-order valence-electron chi connectivity index (χ1n) is 8.44. The van der Waals surface area contributed by atoms with Crippen molar-refractivity contribution in [2.75, 3.05) is 13.2 Å². The fraction of sp³-hybridized carbons (Fsp3) is 0.238. The second-order valence-corrected chi connectivity index (χ2v) is 6.10. The number of hydrogen-bond acceptors (Lipinski definition) is 5. The van der Waals surface area contributed by atoms with Crippen LogP contribution in [0, 0.1) is 20.8 Å². The molecule has 0 fully saturated rings. The summed E-state index contributed by atoms with van der Waals surface area (Å²) in [6.07, 6.45) is 0. The van der Waals surface area contributed by atoms with Gasteiger partial charge in [0, 0.05) is 5.56 Å². The Bertz CT molecular complexity index is 879. The molecular formula is C21H21NO4. The van der Waals surface area contributed by atoms with E-state index in [2.05, 4.69) is 11.1 Å². The van der Waals surface area contributed by atoms with E-state index in [1.165, 1.54) is 0 Å². The molecule has 0 saturated heterocycles. The second-order valence-electron chi connectivity index (χ2n) is 6.10. The van der Waals surface area contributed by atoms with Crippen LogP contribution in [0.1, 0.15) is 27.4 Å². The van der Waals surface area contributed by atoms with Crippen molar-refractivity contribution >= 4 is 5.97 Å². The molecular weight excluding hydrogens is 330 g/mol. The van der Waals surface area contributed by atoms with Gasteiger partial charge in [0.2, 0.25) is 5.89 Å². The van der Waals surface area contributed by atoms with Crippen LogP contribution in [0.25, 0.3) is 11.5 Å². The number of hydrogen-bond donors (Lipinski definition) is 0. The summed E-state index contributed by atoms with van der Waals surface area (Å²) in [5.74, 6) is 1.09.